The third-order valence-corrected chi connectivity index (χ3v) is 5.66. The average Bonchev–Trinajstić information content (AvgIpc) is 3.17. The molecular weight excluding hydrogens is 450 g/mol. The minimum atomic E-state index is -0.239. The number of H-pyrrole nitrogens is 1. The van der Waals surface area contributed by atoms with Crippen molar-refractivity contribution < 1.29 is 9.59 Å². The molecule has 0 spiro atoms. The van der Waals surface area contributed by atoms with Crippen molar-refractivity contribution in [2.75, 3.05) is 50.0 Å². The molecule has 2 amide bonds. The summed E-state index contributed by atoms with van der Waals surface area (Å²) in [6.07, 6.45) is 6.65. The molecule has 0 aliphatic carbocycles. The molecule has 10 heteroatoms. The maximum atomic E-state index is 12.6. The second-order valence-corrected chi connectivity index (χ2v) is 7.83. The fourth-order valence-electron chi connectivity index (χ4n) is 3.60. The zero-order chi connectivity index (χ0) is 21.1. The molecule has 4 heterocycles. The molecule has 0 aromatic carbocycles. The molecule has 3 aromatic rings. The minimum Gasteiger partial charge on any atom is -0.366 e. The highest BCUT2D eigenvalue weighted by Crippen LogP contribution is 2.38. The van der Waals surface area contributed by atoms with Gasteiger partial charge in [-0.2, -0.15) is 0 Å². The number of hydrogen-bond donors (Lipinski definition) is 3. The van der Waals surface area contributed by atoms with Crippen molar-refractivity contribution in [3.8, 4) is 0 Å². The lowest BCUT2D eigenvalue weighted by Gasteiger charge is -2.37. The Morgan fingerprint density at radius 2 is 2.03 bits per heavy atom. The molecule has 0 bridgehead atoms. The fourth-order valence-corrected chi connectivity index (χ4v) is 4.15. The van der Waals surface area contributed by atoms with Crippen molar-refractivity contribution in [2.24, 2.45) is 0 Å². The van der Waals surface area contributed by atoms with Crippen molar-refractivity contribution >= 4 is 50.2 Å². The Morgan fingerprint density at radius 1 is 1.23 bits per heavy atom. The summed E-state index contributed by atoms with van der Waals surface area (Å²) in [6, 6.07) is 3.44. The number of halogens is 1. The van der Waals surface area contributed by atoms with E-state index < -0.39 is 0 Å². The van der Waals surface area contributed by atoms with E-state index in [1.165, 1.54) is 6.20 Å². The Kier molecular flexibility index (Phi) is 5.96. The molecule has 1 aliphatic rings. The highest BCUT2D eigenvalue weighted by Gasteiger charge is 2.25. The topological polar surface area (TPSA) is 106 Å². The number of rotatable bonds is 5. The molecule has 3 N–H and O–H groups in total. The lowest BCUT2D eigenvalue weighted by Crippen LogP contribution is -2.50. The van der Waals surface area contributed by atoms with Gasteiger partial charge in [0.15, 0.2) is 0 Å². The molecule has 0 saturated carbocycles. The monoisotopic (exact) mass is 471 g/mol. The molecule has 0 unspecified atom stereocenters. The van der Waals surface area contributed by atoms with Gasteiger partial charge in [0.05, 0.1) is 33.3 Å². The van der Waals surface area contributed by atoms with Crippen LogP contribution in [0.15, 0.2) is 41.4 Å². The summed E-state index contributed by atoms with van der Waals surface area (Å²) in [6.45, 7) is 2.99. The molecule has 9 nitrogen and oxygen atoms in total. The van der Waals surface area contributed by atoms with Gasteiger partial charge in [-0.25, -0.2) is 4.98 Å². The van der Waals surface area contributed by atoms with Gasteiger partial charge in [-0.15, -0.1) is 0 Å². The summed E-state index contributed by atoms with van der Waals surface area (Å²) in [7, 11) is 1.77. The van der Waals surface area contributed by atoms with Crippen LogP contribution >= 0.6 is 15.9 Å². The number of nitrogens with one attached hydrogen (secondary N) is 3. The number of hydrogen-bond acceptors (Lipinski definition) is 6. The van der Waals surface area contributed by atoms with Gasteiger partial charge in [0.2, 0.25) is 5.91 Å². The molecule has 0 atom stereocenters. The van der Waals surface area contributed by atoms with Crippen molar-refractivity contribution in [2.45, 2.75) is 0 Å². The largest absolute Gasteiger partial charge is 0.366 e. The number of pyridine rings is 2. The van der Waals surface area contributed by atoms with E-state index in [-0.39, 0.29) is 11.8 Å². The van der Waals surface area contributed by atoms with Crippen molar-refractivity contribution in [3.63, 3.8) is 0 Å². The SMILES string of the molecule is CNCC(=O)N1CCN(c2c(Br)cnc3[nH]cc(NC(=O)c4cccnc4)c23)CC1. The van der Waals surface area contributed by atoms with Gasteiger partial charge >= 0.3 is 0 Å². The first-order valence-electron chi connectivity index (χ1n) is 9.62. The highest BCUT2D eigenvalue weighted by atomic mass is 79.9. The predicted molar refractivity (Wildman–Crippen MR) is 119 cm³/mol. The van der Waals surface area contributed by atoms with Gasteiger partial charge < -0.3 is 25.4 Å². The fraction of sp³-hybridized carbons (Fsp3) is 0.300. The van der Waals surface area contributed by atoms with Crippen molar-refractivity contribution in [3.05, 3.63) is 47.0 Å². The number of nitrogens with zero attached hydrogens (tertiary/aromatic N) is 4. The predicted octanol–water partition coefficient (Wildman–Crippen LogP) is 1.84. The van der Waals surface area contributed by atoms with Gasteiger partial charge in [0.1, 0.15) is 5.65 Å². The molecule has 0 radical (unpaired) electrons. The van der Waals surface area contributed by atoms with Gasteiger partial charge in [-0.05, 0) is 35.1 Å². The van der Waals surface area contributed by atoms with Crippen LogP contribution in [0.3, 0.4) is 0 Å². The Morgan fingerprint density at radius 3 is 2.73 bits per heavy atom. The lowest BCUT2D eigenvalue weighted by atomic mass is 10.2. The first kappa shape index (κ1) is 20.3. The first-order valence-corrected chi connectivity index (χ1v) is 10.4. The number of likely N-dealkylation sites (N-methyl/N-ethyl adjacent to an activating group) is 1. The van der Waals surface area contributed by atoms with Crippen molar-refractivity contribution in [1.29, 1.82) is 0 Å². The van der Waals surface area contributed by atoms with Gasteiger partial charge in [-0.1, -0.05) is 0 Å². The van der Waals surface area contributed by atoms with E-state index in [0.717, 1.165) is 15.5 Å². The molecule has 30 heavy (non-hydrogen) atoms. The van der Waals surface area contributed by atoms with E-state index >= 15 is 0 Å². The Labute approximate surface area is 182 Å². The molecular formula is C20H22BrN7O2. The lowest BCUT2D eigenvalue weighted by molar-refractivity contribution is -0.130. The number of fused-ring (bicyclic) bond motifs is 1. The minimum absolute atomic E-state index is 0.0992. The van der Waals surface area contributed by atoms with E-state index in [1.54, 1.807) is 37.8 Å². The molecule has 1 aliphatic heterocycles. The van der Waals surface area contributed by atoms with Crippen LogP contribution in [0.5, 0.6) is 0 Å². The quantitative estimate of drug-likeness (QED) is 0.524. The number of anilines is 2. The van der Waals surface area contributed by atoms with E-state index in [2.05, 4.69) is 46.4 Å². The van der Waals surface area contributed by atoms with Crippen LogP contribution in [0, 0.1) is 0 Å². The third-order valence-electron chi connectivity index (χ3n) is 5.08. The number of aromatic nitrogens is 3. The number of amides is 2. The molecule has 3 aromatic heterocycles. The summed E-state index contributed by atoms with van der Waals surface area (Å²) in [5, 5.41) is 6.70. The maximum absolute atomic E-state index is 12.6. The summed E-state index contributed by atoms with van der Waals surface area (Å²) in [5.41, 5.74) is 2.76. The van der Waals surface area contributed by atoms with Gasteiger partial charge in [0, 0.05) is 51.0 Å². The molecule has 156 valence electrons. The van der Waals surface area contributed by atoms with Gasteiger partial charge in [0.25, 0.3) is 5.91 Å². The van der Waals surface area contributed by atoms with E-state index in [1.807, 2.05) is 4.90 Å². The van der Waals surface area contributed by atoms with Gasteiger partial charge in [-0.3, -0.25) is 14.6 Å². The van der Waals surface area contributed by atoms with Crippen molar-refractivity contribution in [1.82, 2.24) is 25.2 Å². The Hall–Kier alpha value is -2.98. The smallest absolute Gasteiger partial charge is 0.257 e. The standard InChI is InChI=1S/C20H22BrN7O2/c1-22-12-16(29)27-5-7-28(8-6-27)18-14(21)10-24-19-17(18)15(11-25-19)26-20(30)13-3-2-4-23-9-13/h2-4,9-11,22H,5-8,12H2,1H3,(H,24,25)(H,26,30). The molecule has 1 saturated heterocycles. The number of carbonyl (C=O) groups excluding carboxylic acids is 2. The van der Waals surface area contributed by atoms with Crippen LogP contribution < -0.4 is 15.5 Å². The van der Waals surface area contributed by atoms with Crippen LogP contribution in [0.2, 0.25) is 0 Å². The first-order chi connectivity index (χ1) is 14.6. The van der Waals surface area contributed by atoms with Crippen LogP contribution in [-0.4, -0.2) is 71.4 Å². The number of piperazine rings is 1. The average molecular weight is 472 g/mol. The van der Waals surface area contributed by atoms with E-state index in [9.17, 15) is 9.59 Å². The highest BCUT2D eigenvalue weighted by molar-refractivity contribution is 9.10. The van der Waals surface area contributed by atoms with Crippen LogP contribution in [0.4, 0.5) is 11.4 Å². The van der Waals surface area contributed by atoms with E-state index in [4.69, 9.17) is 0 Å². The maximum Gasteiger partial charge on any atom is 0.257 e. The molecule has 1 fully saturated rings. The Bertz CT molecular complexity index is 1060. The van der Waals surface area contributed by atoms with Crippen LogP contribution in [0.1, 0.15) is 10.4 Å². The number of carbonyl (C=O) groups is 2. The normalized spacial score (nSPS) is 14.2. The second kappa shape index (κ2) is 8.80. The summed E-state index contributed by atoms with van der Waals surface area (Å²) >= 11 is 3.62. The van der Waals surface area contributed by atoms with Crippen LogP contribution in [0.25, 0.3) is 11.0 Å². The summed E-state index contributed by atoms with van der Waals surface area (Å²) < 4.78 is 0.835. The Balaban J connectivity index is 1.61. The summed E-state index contributed by atoms with van der Waals surface area (Å²) in [4.78, 5) is 40.5. The third kappa shape index (κ3) is 4.01. The number of aromatic amines is 1. The second-order valence-electron chi connectivity index (χ2n) is 6.97. The zero-order valence-corrected chi connectivity index (χ0v) is 18.1. The zero-order valence-electron chi connectivity index (χ0n) is 16.5. The van der Waals surface area contributed by atoms with E-state index in [0.29, 0.717) is 49.6 Å². The van der Waals surface area contributed by atoms with Crippen LogP contribution in [-0.2, 0) is 4.79 Å². The summed E-state index contributed by atoms with van der Waals surface area (Å²) in [5.74, 6) is -0.139. The molecule has 4 rings (SSSR count).